The van der Waals surface area contributed by atoms with E-state index in [1.807, 2.05) is 4.90 Å². The van der Waals surface area contributed by atoms with Crippen LogP contribution in [0.1, 0.15) is 39.0 Å². The molecule has 3 nitrogen and oxygen atoms in total. The van der Waals surface area contributed by atoms with Crippen LogP contribution < -0.4 is 0 Å². The molecule has 14 heavy (non-hydrogen) atoms. The van der Waals surface area contributed by atoms with Crippen LogP contribution in [-0.4, -0.2) is 37.1 Å². The third-order valence-corrected chi connectivity index (χ3v) is 2.81. The summed E-state index contributed by atoms with van der Waals surface area (Å²) in [4.78, 5) is 13.5. The van der Waals surface area contributed by atoms with E-state index in [2.05, 4.69) is 6.92 Å². The molecule has 1 aliphatic heterocycles. The first-order valence-corrected chi connectivity index (χ1v) is 5.58. The van der Waals surface area contributed by atoms with Gasteiger partial charge in [0.1, 0.15) is 0 Å². The molecule has 1 saturated heterocycles. The number of carbonyl (C=O) groups excluding carboxylic acids is 1. The van der Waals surface area contributed by atoms with Crippen LogP contribution in [0.5, 0.6) is 0 Å². The molecular weight excluding hydrogens is 178 g/mol. The van der Waals surface area contributed by atoms with Crippen molar-refractivity contribution in [1.29, 1.82) is 0 Å². The van der Waals surface area contributed by atoms with Gasteiger partial charge in [-0.3, -0.25) is 4.79 Å². The van der Waals surface area contributed by atoms with Crippen LogP contribution in [0.15, 0.2) is 0 Å². The molecule has 1 aliphatic rings. The third kappa shape index (κ3) is 2.98. The molecule has 1 fully saturated rings. The van der Waals surface area contributed by atoms with Crippen molar-refractivity contribution in [3.8, 4) is 0 Å². The van der Waals surface area contributed by atoms with Crippen molar-refractivity contribution in [2.45, 2.75) is 45.1 Å². The molecule has 0 bridgehead atoms. The topological polar surface area (TPSA) is 29.5 Å². The fourth-order valence-corrected chi connectivity index (χ4v) is 2.00. The Hall–Kier alpha value is -0.570. The van der Waals surface area contributed by atoms with E-state index in [1.54, 1.807) is 7.11 Å². The molecule has 1 rings (SSSR count). The van der Waals surface area contributed by atoms with E-state index in [-0.39, 0.29) is 0 Å². The van der Waals surface area contributed by atoms with Crippen molar-refractivity contribution in [1.82, 2.24) is 4.90 Å². The van der Waals surface area contributed by atoms with Gasteiger partial charge in [0, 0.05) is 20.1 Å². The lowest BCUT2D eigenvalue weighted by atomic mass is 10.2. The molecule has 0 N–H and O–H groups in total. The highest BCUT2D eigenvalue weighted by Gasteiger charge is 2.29. The zero-order valence-electron chi connectivity index (χ0n) is 9.29. The van der Waals surface area contributed by atoms with Gasteiger partial charge in [0.15, 0.2) is 0 Å². The van der Waals surface area contributed by atoms with E-state index in [1.165, 1.54) is 12.8 Å². The van der Waals surface area contributed by atoms with Gasteiger partial charge in [0.2, 0.25) is 5.91 Å². The van der Waals surface area contributed by atoms with Gasteiger partial charge in [-0.05, 0) is 12.8 Å². The largest absolute Gasteiger partial charge is 0.383 e. The van der Waals surface area contributed by atoms with E-state index in [4.69, 9.17) is 4.74 Å². The van der Waals surface area contributed by atoms with Crippen molar-refractivity contribution < 1.29 is 9.53 Å². The molecule has 0 aromatic heterocycles. The Labute approximate surface area is 86.4 Å². The Morgan fingerprint density at radius 1 is 1.50 bits per heavy atom. The lowest BCUT2D eigenvalue weighted by Crippen LogP contribution is -2.36. The minimum Gasteiger partial charge on any atom is -0.383 e. The smallest absolute Gasteiger partial charge is 0.222 e. The van der Waals surface area contributed by atoms with E-state index in [0.29, 0.717) is 25.0 Å². The first-order valence-electron chi connectivity index (χ1n) is 5.58. The van der Waals surface area contributed by atoms with Crippen LogP contribution in [0.4, 0.5) is 0 Å². The number of methoxy groups -OCH3 is 1. The molecule has 0 radical (unpaired) electrons. The molecule has 0 spiro atoms. The number of amides is 1. The predicted octanol–water partition coefficient (Wildman–Crippen LogP) is 1.81. The SMILES string of the molecule is CCCCCN1C(=O)CCC1COC. The first kappa shape index (κ1) is 11.5. The van der Waals surface area contributed by atoms with Crippen molar-refractivity contribution >= 4 is 5.91 Å². The lowest BCUT2D eigenvalue weighted by Gasteiger charge is -2.24. The summed E-state index contributed by atoms with van der Waals surface area (Å²) in [6.45, 7) is 3.79. The number of unbranched alkanes of at least 4 members (excludes halogenated alkanes) is 2. The molecule has 3 heteroatoms. The van der Waals surface area contributed by atoms with E-state index in [0.717, 1.165) is 19.4 Å². The highest BCUT2D eigenvalue weighted by molar-refractivity contribution is 5.78. The lowest BCUT2D eigenvalue weighted by molar-refractivity contribution is -0.129. The van der Waals surface area contributed by atoms with Crippen LogP contribution >= 0.6 is 0 Å². The fraction of sp³-hybridized carbons (Fsp3) is 0.909. The molecule has 0 aromatic carbocycles. The Kier molecular flexibility index (Phi) is 4.94. The van der Waals surface area contributed by atoms with Gasteiger partial charge >= 0.3 is 0 Å². The minimum atomic E-state index is 0.308. The maximum atomic E-state index is 11.5. The molecule has 1 heterocycles. The highest BCUT2D eigenvalue weighted by atomic mass is 16.5. The highest BCUT2D eigenvalue weighted by Crippen LogP contribution is 2.19. The summed E-state index contributed by atoms with van der Waals surface area (Å²) in [5.41, 5.74) is 0. The molecule has 82 valence electrons. The second-order valence-electron chi connectivity index (χ2n) is 3.94. The molecule has 1 amide bonds. The summed E-state index contributed by atoms with van der Waals surface area (Å²) in [7, 11) is 1.70. The van der Waals surface area contributed by atoms with Crippen LogP contribution in [0, 0.1) is 0 Å². The third-order valence-electron chi connectivity index (χ3n) is 2.81. The zero-order chi connectivity index (χ0) is 10.4. The summed E-state index contributed by atoms with van der Waals surface area (Å²) in [6.07, 6.45) is 5.22. The van der Waals surface area contributed by atoms with Gasteiger partial charge < -0.3 is 9.64 Å². The number of hydrogen-bond acceptors (Lipinski definition) is 2. The monoisotopic (exact) mass is 199 g/mol. The maximum Gasteiger partial charge on any atom is 0.222 e. The minimum absolute atomic E-state index is 0.308. The van der Waals surface area contributed by atoms with Gasteiger partial charge in [-0.15, -0.1) is 0 Å². The van der Waals surface area contributed by atoms with Gasteiger partial charge in [-0.25, -0.2) is 0 Å². The Morgan fingerprint density at radius 3 is 2.93 bits per heavy atom. The van der Waals surface area contributed by atoms with E-state index in [9.17, 15) is 4.79 Å². The van der Waals surface area contributed by atoms with Gasteiger partial charge in [-0.2, -0.15) is 0 Å². The second kappa shape index (κ2) is 6.02. The normalized spacial score (nSPS) is 22.0. The van der Waals surface area contributed by atoms with Crippen molar-refractivity contribution in [3.05, 3.63) is 0 Å². The quantitative estimate of drug-likeness (QED) is 0.611. The van der Waals surface area contributed by atoms with Crippen LogP contribution in [0.3, 0.4) is 0 Å². The van der Waals surface area contributed by atoms with Gasteiger partial charge in [-0.1, -0.05) is 19.8 Å². The van der Waals surface area contributed by atoms with E-state index < -0.39 is 0 Å². The number of rotatable bonds is 6. The number of nitrogens with zero attached hydrogens (tertiary/aromatic N) is 1. The standard InChI is InChI=1S/C11H21NO2/c1-3-4-5-8-12-10(9-14-2)6-7-11(12)13/h10H,3-9H2,1-2H3. The molecule has 0 saturated carbocycles. The van der Waals surface area contributed by atoms with Gasteiger partial charge in [0.25, 0.3) is 0 Å². The molecule has 0 aromatic rings. The summed E-state index contributed by atoms with van der Waals surface area (Å²) < 4.78 is 5.12. The van der Waals surface area contributed by atoms with Crippen molar-refractivity contribution in [3.63, 3.8) is 0 Å². The molecule has 1 unspecified atom stereocenters. The van der Waals surface area contributed by atoms with Crippen LogP contribution in [0.2, 0.25) is 0 Å². The number of carbonyl (C=O) groups is 1. The van der Waals surface area contributed by atoms with Crippen LogP contribution in [-0.2, 0) is 9.53 Å². The zero-order valence-corrected chi connectivity index (χ0v) is 9.29. The number of ether oxygens (including phenoxy) is 1. The Balaban J connectivity index is 2.33. The maximum absolute atomic E-state index is 11.5. The Morgan fingerprint density at radius 2 is 2.29 bits per heavy atom. The van der Waals surface area contributed by atoms with Gasteiger partial charge in [0.05, 0.1) is 12.6 Å². The summed E-state index contributed by atoms with van der Waals surface area (Å²) in [6, 6.07) is 0.337. The van der Waals surface area contributed by atoms with E-state index >= 15 is 0 Å². The molecule has 1 atom stereocenters. The number of hydrogen-bond donors (Lipinski definition) is 0. The summed E-state index contributed by atoms with van der Waals surface area (Å²) in [5.74, 6) is 0.308. The average molecular weight is 199 g/mol. The predicted molar refractivity (Wildman–Crippen MR) is 56.1 cm³/mol. The number of likely N-dealkylation sites (tertiary alicyclic amines) is 1. The summed E-state index contributed by atoms with van der Waals surface area (Å²) >= 11 is 0. The molecular formula is C11H21NO2. The summed E-state index contributed by atoms with van der Waals surface area (Å²) in [5, 5.41) is 0. The Bertz CT molecular complexity index is 182. The van der Waals surface area contributed by atoms with Crippen LogP contribution in [0.25, 0.3) is 0 Å². The van der Waals surface area contributed by atoms with Crippen molar-refractivity contribution in [2.75, 3.05) is 20.3 Å². The molecule has 0 aliphatic carbocycles. The second-order valence-corrected chi connectivity index (χ2v) is 3.94. The first-order chi connectivity index (χ1) is 6.79. The average Bonchev–Trinajstić information content (AvgIpc) is 2.50. The van der Waals surface area contributed by atoms with Crippen molar-refractivity contribution in [2.24, 2.45) is 0 Å². The fourth-order valence-electron chi connectivity index (χ4n) is 2.00.